The summed E-state index contributed by atoms with van der Waals surface area (Å²) in [5, 5.41) is 8.22. The van der Waals surface area contributed by atoms with Gasteiger partial charge in [-0.15, -0.1) is 0 Å². The summed E-state index contributed by atoms with van der Waals surface area (Å²) in [5.41, 5.74) is -0.541. The van der Waals surface area contributed by atoms with Crippen molar-refractivity contribution in [2.24, 2.45) is 0 Å². The number of anilines is 4. The molecule has 2 aromatic rings. The SMILES string of the molecule is C=CC(=O)Nc1ccccc1Nc1nc(NC2CCN(C=O)CC2)ncc1C(F)(F)F. The highest BCUT2D eigenvalue weighted by atomic mass is 19.4. The molecule has 2 heterocycles. The Hall–Kier alpha value is -3.63. The Bertz CT molecular complexity index is 958. The maximum Gasteiger partial charge on any atom is 0.421 e. The van der Waals surface area contributed by atoms with E-state index in [0.29, 0.717) is 32.1 Å². The highest BCUT2D eigenvalue weighted by Gasteiger charge is 2.35. The maximum atomic E-state index is 13.5. The van der Waals surface area contributed by atoms with Crippen LogP contribution in [0.2, 0.25) is 0 Å². The molecule has 1 aliphatic rings. The highest BCUT2D eigenvalue weighted by molar-refractivity contribution is 6.01. The van der Waals surface area contributed by atoms with Gasteiger partial charge in [-0.1, -0.05) is 18.7 Å². The van der Waals surface area contributed by atoms with E-state index in [2.05, 4.69) is 32.5 Å². The summed E-state index contributed by atoms with van der Waals surface area (Å²) in [4.78, 5) is 31.9. The average molecular weight is 434 g/mol. The largest absolute Gasteiger partial charge is 0.421 e. The number of carbonyl (C=O) groups excluding carboxylic acids is 2. The molecule has 31 heavy (non-hydrogen) atoms. The van der Waals surface area contributed by atoms with Crippen molar-refractivity contribution in [1.29, 1.82) is 0 Å². The van der Waals surface area contributed by atoms with Gasteiger partial charge in [-0.05, 0) is 31.1 Å². The molecule has 0 atom stereocenters. The molecule has 0 spiro atoms. The first kappa shape index (κ1) is 22.1. The number of carbonyl (C=O) groups is 2. The minimum atomic E-state index is -4.69. The van der Waals surface area contributed by atoms with Crippen LogP contribution in [-0.4, -0.2) is 46.3 Å². The standard InChI is InChI=1S/C20H21F3N6O2/c1-2-17(31)26-15-5-3-4-6-16(15)27-18-14(20(21,22)23)11-24-19(28-18)25-13-7-9-29(12-30)10-8-13/h2-6,11-13H,1,7-10H2,(H,26,31)(H2,24,25,27,28). The predicted molar refractivity (Wildman–Crippen MR) is 110 cm³/mol. The van der Waals surface area contributed by atoms with Gasteiger partial charge in [0.15, 0.2) is 0 Å². The van der Waals surface area contributed by atoms with E-state index in [9.17, 15) is 22.8 Å². The number of alkyl halides is 3. The quantitative estimate of drug-likeness (QED) is 0.456. The van der Waals surface area contributed by atoms with Crippen molar-refractivity contribution in [2.45, 2.75) is 25.1 Å². The molecule has 11 heteroatoms. The van der Waals surface area contributed by atoms with Gasteiger partial charge in [0.05, 0.1) is 11.4 Å². The van der Waals surface area contributed by atoms with Crippen molar-refractivity contribution in [3.8, 4) is 0 Å². The van der Waals surface area contributed by atoms with E-state index in [1.165, 1.54) is 12.1 Å². The molecule has 0 bridgehead atoms. The lowest BCUT2D eigenvalue weighted by Gasteiger charge is -2.29. The Morgan fingerprint density at radius 1 is 1.19 bits per heavy atom. The monoisotopic (exact) mass is 434 g/mol. The molecule has 3 rings (SSSR count). The van der Waals surface area contributed by atoms with Gasteiger partial charge in [0, 0.05) is 25.3 Å². The number of nitrogens with one attached hydrogen (secondary N) is 3. The van der Waals surface area contributed by atoms with Crippen LogP contribution >= 0.6 is 0 Å². The van der Waals surface area contributed by atoms with Crippen LogP contribution in [0.3, 0.4) is 0 Å². The summed E-state index contributed by atoms with van der Waals surface area (Å²) in [6.07, 6.45) is -0.890. The Labute approximate surface area is 176 Å². The van der Waals surface area contributed by atoms with E-state index in [0.717, 1.165) is 12.5 Å². The number of benzene rings is 1. The van der Waals surface area contributed by atoms with Crippen molar-refractivity contribution in [2.75, 3.05) is 29.0 Å². The molecule has 1 aliphatic heterocycles. The Balaban J connectivity index is 1.86. The predicted octanol–water partition coefficient (Wildman–Crippen LogP) is 3.40. The molecule has 164 valence electrons. The number of rotatable bonds is 7. The Kier molecular flexibility index (Phi) is 6.73. The number of para-hydroxylation sites is 2. The van der Waals surface area contributed by atoms with Gasteiger partial charge in [0.2, 0.25) is 18.3 Å². The van der Waals surface area contributed by atoms with E-state index >= 15 is 0 Å². The van der Waals surface area contributed by atoms with E-state index < -0.39 is 23.5 Å². The zero-order valence-corrected chi connectivity index (χ0v) is 16.4. The van der Waals surface area contributed by atoms with Gasteiger partial charge in [0.25, 0.3) is 0 Å². The number of likely N-dealkylation sites (tertiary alicyclic amines) is 1. The number of halogens is 3. The van der Waals surface area contributed by atoms with E-state index in [1.807, 2.05) is 0 Å². The second-order valence-electron chi connectivity index (χ2n) is 6.88. The van der Waals surface area contributed by atoms with Crippen molar-refractivity contribution in [3.05, 3.63) is 48.7 Å². The first-order valence-corrected chi connectivity index (χ1v) is 9.49. The summed E-state index contributed by atoms with van der Waals surface area (Å²) in [6.45, 7) is 4.45. The van der Waals surface area contributed by atoms with Crippen LogP contribution in [0.15, 0.2) is 43.1 Å². The maximum absolute atomic E-state index is 13.5. The van der Waals surface area contributed by atoms with Crippen LogP contribution in [0, 0.1) is 0 Å². The molecule has 1 aromatic heterocycles. The summed E-state index contributed by atoms with van der Waals surface area (Å²) >= 11 is 0. The zero-order chi connectivity index (χ0) is 22.4. The number of aromatic nitrogens is 2. The minimum Gasteiger partial charge on any atom is -0.351 e. The molecule has 2 amide bonds. The van der Waals surface area contributed by atoms with Crippen molar-refractivity contribution in [3.63, 3.8) is 0 Å². The average Bonchev–Trinajstić information content (AvgIpc) is 2.75. The minimum absolute atomic E-state index is 0.0349. The summed E-state index contributed by atoms with van der Waals surface area (Å²) in [6, 6.07) is 6.23. The van der Waals surface area contributed by atoms with Crippen LogP contribution in [-0.2, 0) is 15.8 Å². The smallest absolute Gasteiger partial charge is 0.351 e. The summed E-state index contributed by atoms with van der Waals surface area (Å²) in [7, 11) is 0. The molecule has 1 fully saturated rings. The lowest BCUT2D eigenvalue weighted by Crippen LogP contribution is -2.38. The van der Waals surface area contributed by atoms with Crippen molar-refractivity contribution < 1.29 is 22.8 Å². The third-order valence-corrected chi connectivity index (χ3v) is 4.73. The first-order chi connectivity index (χ1) is 14.8. The lowest BCUT2D eigenvalue weighted by molar-refractivity contribution is -0.137. The fraction of sp³-hybridized carbons (Fsp3) is 0.300. The highest BCUT2D eigenvalue weighted by Crippen LogP contribution is 2.36. The second kappa shape index (κ2) is 9.45. The topological polar surface area (TPSA) is 99.2 Å². The number of hydrogen-bond donors (Lipinski definition) is 3. The normalized spacial score (nSPS) is 14.6. The van der Waals surface area contributed by atoms with Gasteiger partial charge in [0.1, 0.15) is 11.4 Å². The Morgan fingerprint density at radius 3 is 2.48 bits per heavy atom. The molecule has 0 unspecified atom stereocenters. The summed E-state index contributed by atoms with van der Waals surface area (Å²) < 4.78 is 40.6. The van der Waals surface area contributed by atoms with Crippen LogP contribution in [0.25, 0.3) is 0 Å². The van der Waals surface area contributed by atoms with Crippen LogP contribution < -0.4 is 16.0 Å². The van der Waals surface area contributed by atoms with Gasteiger partial charge < -0.3 is 20.9 Å². The van der Waals surface area contributed by atoms with E-state index in [-0.39, 0.29) is 23.4 Å². The van der Waals surface area contributed by atoms with E-state index in [1.54, 1.807) is 17.0 Å². The fourth-order valence-electron chi connectivity index (χ4n) is 3.10. The van der Waals surface area contributed by atoms with Crippen LogP contribution in [0.1, 0.15) is 18.4 Å². The van der Waals surface area contributed by atoms with Crippen LogP contribution in [0.4, 0.5) is 36.3 Å². The lowest BCUT2D eigenvalue weighted by atomic mass is 10.1. The molecule has 3 N–H and O–H groups in total. The summed E-state index contributed by atoms with van der Waals surface area (Å²) in [5.74, 6) is -0.916. The van der Waals surface area contributed by atoms with Gasteiger partial charge in [-0.2, -0.15) is 18.2 Å². The molecular formula is C20H21F3N6O2. The fourth-order valence-corrected chi connectivity index (χ4v) is 3.10. The zero-order valence-electron chi connectivity index (χ0n) is 16.4. The van der Waals surface area contributed by atoms with E-state index in [4.69, 9.17) is 0 Å². The number of amides is 2. The van der Waals surface area contributed by atoms with Gasteiger partial charge >= 0.3 is 6.18 Å². The van der Waals surface area contributed by atoms with Gasteiger partial charge in [-0.25, -0.2) is 4.98 Å². The molecule has 0 saturated carbocycles. The first-order valence-electron chi connectivity index (χ1n) is 9.49. The molecule has 1 saturated heterocycles. The molecule has 0 radical (unpaired) electrons. The number of piperidine rings is 1. The molecular weight excluding hydrogens is 413 g/mol. The second-order valence-corrected chi connectivity index (χ2v) is 6.88. The Morgan fingerprint density at radius 2 is 1.87 bits per heavy atom. The number of hydrogen-bond acceptors (Lipinski definition) is 6. The van der Waals surface area contributed by atoms with Crippen LogP contribution in [0.5, 0.6) is 0 Å². The van der Waals surface area contributed by atoms with Gasteiger partial charge in [-0.3, -0.25) is 9.59 Å². The molecule has 8 nitrogen and oxygen atoms in total. The van der Waals surface area contributed by atoms with Crippen molar-refractivity contribution >= 4 is 35.5 Å². The molecule has 0 aliphatic carbocycles. The third kappa shape index (κ3) is 5.71. The van der Waals surface area contributed by atoms with Crippen molar-refractivity contribution in [1.82, 2.24) is 14.9 Å². The third-order valence-electron chi connectivity index (χ3n) is 4.73. The molecule has 1 aromatic carbocycles. The number of nitrogens with zero attached hydrogens (tertiary/aromatic N) is 3.